The SMILES string of the molecule is CCCCN(CC1CCCN1)C(=O)Cc1ccc(Cl)cc1. The highest BCUT2D eigenvalue weighted by atomic mass is 35.5. The lowest BCUT2D eigenvalue weighted by Crippen LogP contribution is -2.42. The molecule has 1 aromatic carbocycles. The molecular weight excluding hydrogens is 284 g/mol. The van der Waals surface area contributed by atoms with E-state index in [0.29, 0.717) is 17.5 Å². The van der Waals surface area contributed by atoms with E-state index in [1.165, 1.54) is 12.8 Å². The van der Waals surface area contributed by atoms with Crippen molar-refractivity contribution in [2.24, 2.45) is 0 Å². The first-order valence-electron chi connectivity index (χ1n) is 7.94. The number of hydrogen-bond donors (Lipinski definition) is 1. The van der Waals surface area contributed by atoms with E-state index in [2.05, 4.69) is 12.2 Å². The molecule has 2 rings (SSSR count). The van der Waals surface area contributed by atoms with Gasteiger partial charge in [0.1, 0.15) is 0 Å². The number of rotatable bonds is 7. The predicted octanol–water partition coefficient (Wildman–Crippen LogP) is 3.26. The monoisotopic (exact) mass is 308 g/mol. The van der Waals surface area contributed by atoms with Gasteiger partial charge in [-0.05, 0) is 43.5 Å². The fraction of sp³-hybridized carbons (Fsp3) is 0.588. The molecule has 1 N–H and O–H groups in total. The quantitative estimate of drug-likeness (QED) is 0.838. The first-order valence-corrected chi connectivity index (χ1v) is 8.32. The summed E-state index contributed by atoms with van der Waals surface area (Å²) in [5.41, 5.74) is 1.03. The summed E-state index contributed by atoms with van der Waals surface area (Å²) in [4.78, 5) is 14.6. The van der Waals surface area contributed by atoms with Crippen LogP contribution < -0.4 is 5.32 Å². The summed E-state index contributed by atoms with van der Waals surface area (Å²) in [5, 5.41) is 4.19. The molecule has 0 spiro atoms. The van der Waals surface area contributed by atoms with Crippen molar-refractivity contribution in [3.05, 3.63) is 34.9 Å². The normalized spacial score (nSPS) is 17.9. The van der Waals surface area contributed by atoms with Gasteiger partial charge < -0.3 is 10.2 Å². The Balaban J connectivity index is 1.93. The van der Waals surface area contributed by atoms with E-state index in [4.69, 9.17) is 11.6 Å². The summed E-state index contributed by atoms with van der Waals surface area (Å²) in [7, 11) is 0. The van der Waals surface area contributed by atoms with Gasteiger partial charge in [-0.2, -0.15) is 0 Å². The van der Waals surface area contributed by atoms with Crippen molar-refractivity contribution in [1.29, 1.82) is 0 Å². The number of amides is 1. The number of carbonyl (C=O) groups is 1. The van der Waals surface area contributed by atoms with Crippen LogP contribution in [0.4, 0.5) is 0 Å². The minimum Gasteiger partial charge on any atom is -0.341 e. The number of nitrogens with zero attached hydrogens (tertiary/aromatic N) is 1. The van der Waals surface area contributed by atoms with Gasteiger partial charge in [-0.15, -0.1) is 0 Å². The zero-order valence-electron chi connectivity index (χ0n) is 12.8. The third-order valence-corrected chi connectivity index (χ3v) is 4.26. The van der Waals surface area contributed by atoms with E-state index in [0.717, 1.165) is 38.0 Å². The number of carbonyl (C=O) groups excluding carboxylic acids is 1. The Hall–Kier alpha value is -1.06. The van der Waals surface area contributed by atoms with E-state index < -0.39 is 0 Å². The van der Waals surface area contributed by atoms with Crippen LogP contribution in [0.5, 0.6) is 0 Å². The average molecular weight is 309 g/mol. The van der Waals surface area contributed by atoms with Crippen LogP contribution in [0.15, 0.2) is 24.3 Å². The van der Waals surface area contributed by atoms with E-state index in [-0.39, 0.29) is 5.91 Å². The summed E-state index contributed by atoms with van der Waals surface area (Å²) in [6.07, 6.45) is 5.05. The molecule has 1 fully saturated rings. The molecule has 0 bridgehead atoms. The van der Waals surface area contributed by atoms with Crippen LogP contribution >= 0.6 is 11.6 Å². The molecule has 1 amide bonds. The average Bonchev–Trinajstić information content (AvgIpc) is 2.98. The third kappa shape index (κ3) is 5.33. The van der Waals surface area contributed by atoms with Gasteiger partial charge in [-0.3, -0.25) is 4.79 Å². The van der Waals surface area contributed by atoms with E-state index in [1.807, 2.05) is 29.2 Å². The molecule has 3 nitrogen and oxygen atoms in total. The maximum atomic E-state index is 12.6. The number of benzene rings is 1. The van der Waals surface area contributed by atoms with Crippen molar-refractivity contribution in [3.8, 4) is 0 Å². The number of nitrogens with one attached hydrogen (secondary N) is 1. The Kier molecular flexibility index (Phi) is 6.52. The molecule has 1 aliphatic heterocycles. The first kappa shape index (κ1) is 16.3. The molecule has 0 radical (unpaired) electrons. The molecule has 4 heteroatoms. The Morgan fingerprint density at radius 3 is 2.76 bits per heavy atom. The maximum absolute atomic E-state index is 12.6. The van der Waals surface area contributed by atoms with Crippen molar-refractivity contribution in [1.82, 2.24) is 10.2 Å². The molecule has 0 saturated carbocycles. The van der Waals surface area contributed by atoms with Crippen molar-refractivity contribution < 1.29 is 4.79 Å². The Morgan fingerprint density at radius 2 is 2.14 bits per heavy atom. The molecule has 1 unspecified atom stereocenters. The van der Waals surface area contributed by atoms with E-state index in [1.54, 1.807) is 0 Å². The molecule has 0 aliphatic carbocycles. The van der Waals surface area contributed by atoms with Gasteiger partial charge in [-0.25, -0.2) is 0 Å². The fourth-order valence-corrected chi connectivity index (χ4v) is 2.86. The van der Waals surface area contributed by atoms with Gasteiger partial charge >= 0.3 is 0 Å². The van der Waals surface area contributed by atoms with Gasteiger partial charge in [0.2, 0.25) is 5.91 Å². The highest BCUT2D eigenvalue weighted by Crippen LogP contribution is 2.13. The summed E-state index contributed by atoms with van der Waals surface area (Å²) >= 11 is 5.89. The van der Waals surface area contributed by atoms with E-state index >= 15 is 0 Å². The Bertz CT molecular complexity index is 441. The minimum atomic E-state index is 0.222. The summed E-state index contributed by atoms with van der Waals surface area (Å²) < 4.78 is 0. The third-order valence-electron chi connectivity index (χ3n) is 4.01. The van der Waals surface area contributed by atoms with Crippen LogP contribution in [0.2, 0.25) is 5.02 Å². The standard InChI is InChI=1S/C17H25ClN2O/c1-2-3-11-20(13-16-5-4-10-19-16)17(21)12-14-6-8-15(18)9-7-14/h6-9,16,19H,2-5,10-13H2,1H3. The second kappa shape index (κ2) is 8.40. The van der Waals surface area contributed by atoms with Crippen LogP contribution in [0.3, 0.4) is 0 Å². The molecule has 21 heavy (non-hydrogen) atoms. The van der Waals surface area contributed by atoms with Crippen LogP contribution in [-0.2, 0) is 11.2 Å². The maximum Gasteiger partial charge on any atom is 0.227 e. The van der Waals surface area contributed by atoms with Crippen LogP contribution in [-0.4, -0.2) is 36.5 Å². The fourth-order valence-electron chi connectivity index (χ4n) is 2.73. The molecule has 0 aromatic heterocycles. The first-order chi connectivity index (χ1) is 10.2. The Labute approximate surface area is 132 Å². The molecule has 1 aliphatic rings. The Morgan fingerprint density at radius 1 is 1.38 bits per heavy atom. The van der Waals surface area contributed by atoms with Gasteiger partial charge in [0.05, 0.1) is 6.42 Å². The lowest BCUT2D eigenvalue weighted by molar-refractivity contribution is -0.130. The number of halogens is 1. The summed E-state index contributed by atoms with van der Waals surface area (Å²) in [5.74, 6) is 0.222. The lowest BCUT2D eigenvalue weighted by atomic mass is 10.1. The molecule has 116 valence electrons. The van der Waals surface area contributed by atoms with E-state index in [9.17, 15) is 4.79 Å². The molecule has 1 aromatic rings. The van der Waals surface area contributed by atoms with Crippen LogP contribution in [0.25, 0.3) is 0 Å². The van der Waals surface area contributed by atoms with Gasteiger partial charge in [0, 0.05) is 24.2 Å². The van der Waals surface area contributed by atoms with Gasteiger partial charge in [0.15, 0.2) is 0 Å². The zero-order chi connectivity index (χ0) is 15.1. The van der Waals surface area contributed by atoms with Gasteiger partial charge in [0.25, 0.3) is 0 Å². The zero-order valence-corrected chi connectivity index (χ0v) is 13.5. The minimum absolute atomic E-state index is 0.222. The van der Waals surface area contributed by atoms with Crippen molar-refractivity contribution in [2.45, 2.75) is 45.1 Å². The molecule has 1 saturated heterocycles. The predicted molar refractivity (Wildman–Crippen MR) is 87.7 cm³/mol. The van der Waals surface area contributed by atoms with Crippen LogP contribution in [0, 0.1) is 0 Å². The smallest absolute Gasteiger partial charge is 0.227 e. The van der Waals surface area contributed by atoms with Crippen molar-refractivity contribution >= 4 is 17.5 Å². The lowest BCUT2D eigenvalue weighted by Gasteiger charge is -2.26. The van der Waals surface area contributed by atoms with Gasteiger partial charge in [-0.1, -0.05) is 37.1 Å². The van der Waals surface area contributed by atoms with Crippen molar-refractivity contribution in [2.75, 3.05) is 19.6 Å². The molecular formula is C17H25ClN2O. The number of hydrogen-bond acceptors (Lipinski definition) is 2. The van der Waals surface area contributed by atoms with Crippen molar-refractivity contribution in [3.63, 3.8) is 0 Å². The number of unbranched alkanes of at least 4 members (excludes halogenated alkanes) is 1. The van der Waals surface area contributed by atoms with Crippen LogP contribution in [0.1, 0.15) is 38.2 Å². The second-order valence-electron chi connectivity index (χ2n) is 5.79. The highest BCUT2D eigenvalue weighted by molar-refractivity contribution is 6.30. The summed E-state index contributed by atoms with van der Waals surface area (Å²) in [6.45, 7) is 4.95. The molecule has 1 heterocycles. The summed E-state index contributed by atoms with van der Waals surface area (Å²) in [6, 6.07) is 8.03. The second-order valence-corrected chi connectivity index (χ2v) is 6.23. The molecule has 1 atom stereocenters. The topological polar surface area (TPSA) is 32.3 Å². The highest BCUT2D eigenvalue weighted by Gasteiger charge is 2.21. The largest absolute Gasteiger partial charge is 0.341 e.